The SMILES string of the molecule is Oc1c(O)c(O)c2c(-c3ccc4oc5ccc6ccccc6c5c4c3)c3c(O)c(O)c(O)c(O)c3c(-c3ccc(-c4ccccc4)cc3)c2c1O. The maximum absolute atomic E-state index is 11.6. The average Bonchev–Trinajstić information content (AvgIpc) is 3.55. The van der Waals surface area contributed by atoms with Gasteiger partial charge in [-0.25, -0.2) is 0 Å². The number of benzene rings is 8. The van der Waals surface area contributed by atoms with Gasteiger partial charge in [0.05, 0.1) is 0 Å². The highest BCUT2D eigenvalue weighted by atomic mass is 16.4. The molecule has 51 heavy (non-hydrogen) atoms. The molecule has 0 aliphatic rings. The molecule has 0 atom stereocenters. The van der Waals surface area contributed by atoms with Crippen LogP contribution in [0, 0.1) is 0 Å². The second-order valence-corrected chi connectivity index (χ2v) is 12.5. The highest BCUT2D eigenvalue weighted by molar-refractivity contribution is 6.29. The van der Waals surface area contributed by atoms with Crippen LogP contribution in [0.25, 0.3) is 87.6 Å². The quantitative estimate of drug-likeness (QED) is 0.0515. The van der Waals surface area contributed by atoms with Gasteiger partial charge in [-0.3, -0.25) is 0 Å². The van der Waals surface area contributed by atoms with E-state index in [1.54, 1.807) is 42.5 Å². The van der Waals surface area contributed by atoms with Gasteiger partial charge in [0.25, 0.3) is 0 Å². The summed E-state index contributed by atoms with van der Waals surface area (Å²) < 4.78 is 6.18. The van der Waals surface area contributed by atoms with Crippen LogP contribution in [0.2, 0.25) is 0 Å². The minimum atomic E-state index is -1.03. The summed E-state index contributed by atoms with van der Waals surface area (Å²) in [4.78, 5) is 0. The van der Waals surface area contributed by atoms with Gasteiger partial charge >= 0.3 is 0 Å². The van der Waals surface area contributed by atoms with E-state index in [1.165, 1.54) is 0 Å². The number of aromatic hydroxyl groups is 8. The molecule has 0 bridgehead atoms. The molecule has 0 radical (unpaired) electrons. The number of hydrogen-bond acceptors (Lipinski definition) is 9. The molecule has 9 heteroatoms. The third kappa shape index (κ3) is 4.09. The lowest BCUT2D eigenvalue weighted by Gasteiger charge is -2.22. The molecule has 0 spiro atoms. The Kier molecular flexibility index (Phi) is 6.21. The number of furan rings is 1. The van der Waals surface area contributed by atoms with Gasteiger partial charge in [0, 0.05) is 43.4 Å². The number of rotatable bonds is 3. The lowest BCUT2D eigenvalue weighted by Crippen LogP contribution is -1.94. The second kappa shape index (κ2) is 10.6. The van der Waals surface area contributed by atoms with E-state index in [-0.39, 0.29) is 32.7 Å². The summed E-state index contributed by atoms with van der Waals surface area (Å²) in [7, 11) is 0. The molecular formula is C42H26O9. The normalized spacial score (nSPS) is 11.8. The third-order valence-corrected chi connectivity index (χ3v) is 9.72. The second-order valence-electron chi connectivity index (χ2n) is 12.5. The number of phenols is 8. The van der Waals surface area contributed by atoms with Crippen LogP contribution >= 0.6 is 0 Å². The molecule has 9 nitrogen and oxygen atoms in total. The molecule has 0 aliphatic carbocycles. The average molecular weight is 675 g/mol. The molecule has 0 saturated heterocycles. The first-order valence-corrected chi connectivity index (χ1v) is 15.9. The zero-order chi connectivity index (χ0) is 35.3. The van der Waals surface area contributed by atoms with Gasteiger partial charge in [-0.15, -0.1) is 0 Å². The molecule has 9 aromatic rings. The summed E-state index contributed by atoms with van der Waals surface area (Å²) in [5.41, 5.74) is 3.46. The molecule has 248 valence electrons. The number of phenolic OH excluding ortho intramolecular Hbond substituents is 8. The van der Waals surface area contributed by atoms with Crippen molar-refractivity contribution < 1.29 is 45.3 Å². The molecule has 0 saturated carbocycles. The summed E-state index contributed by atoms with van der Waals surface area (Å²) in [5, 5.41) is 92.3. The van der Waals surface area contributed by atoms with Crippen LogP contribution in [0.5, 0.6) is 46.0 Å². The fraction of sp³-hybridized carbons (Fsp3) is 0. The Balaban J connectivity index is 1.47. The standard InChI is InChI=1S/C42H26O9/c43-35-31-28(22-12-10-20(11-13-22)19-6-2-1-3-7-19)32-34(38(46)42(50)40(48)36(32)44)29(33(31)37(45)41(49)39(35)47)23-15-16-26-25(18-23)30-24-9-5-4-8-21(24)14-17-27(30)51-26/h1-18,43-50H. The predicted molar refractivity (Wildman–Crippen MR) is 196 cm³/mol. The van der Waals surface area contributed by atoms with Gasteiger partial charge in [-0.1, -0.05) is 91.0 Å². The Morgan fingerprint density at radius 2 is 0.765 bits per heavy atom. The van der Waals surface area contributed by atoms with E-state index in [0.29, 0.717) is 27.7 Å². The predicted octanol–water partition coefficient (Wildman–Crippen LogP) is 9.69. The van der Waals surface area contributed by atoms with Crippen LogP contribution in [-0.4, -0.2) is 40.9 Å². The smallest absolute Gasteiger partial charge is 0.204 e. The highest BCUT2D eigenvalue weighted by Gasteiger charge is 2.32. The Bertz CT molecular complexity index is 2850. The van der Waals surface area contributed by atoms with Gasteiger partial charge in [-0.05, 0) is 51.2 Å². The topological polar surface area (TPSA) is 175 Å². The van der Waals surface area contributed by atoms with E-state index in [0.717, 1.165) is 27.3 Å². The molecule has 1 aromatic heterocycles. The van der Waals surface area contributed by atoms with Crippen LogP contribution in [-0.2, 0) is 0 Å². The molecule has 9 rings (SSSR count). The summed E-state index contributed by atoms with van der Waals surface area (Å²) in [5.74, 6) is -7.46. The molecule has 0 unspecified atom stereocenters. The molecule has 0 fully saturated rings. The van der Waals surface area contributed by atoms with Crippen LogP contribution < -0.4 is 0 Å². The maximum Gasteiger partial charge on any atom is 0.204 e. The van der Waals surface area contributed by atoms with Crippen LogP contribution in [0.15, 0.2) is 114 Å². The van der Waals surface area contributed by atoms with Crippen molar-refractivity contribution in [2.75, 3.05) is 0 Å². The lowest BCUT2D eigenvalue weighted by molar-refractivity contribution is 0.350. The first-order chi connectivity index (χ1) is 24.7. The van der Waals surface area contributed by atoms with Crippen LogP contribution in [0.4, 0.5) is 0 Å². The zero-order valence-electron chi connectivity index (χ0n) is 26.4. The largest absolute Gasteiger partial charge is 0.504 e. The van der Waals surface area contributed by atoms with Gasteiger partial charge in [0.15, 0.2) is 23.0 Å². The summed E-state index contributed by atoms with van der Waals surface area (Å²) >= 11 is 0. The molecule has 8 N–H and O–H groups in total. The van der Waals surface area contributed by atoms with Crippen molar-refractivity contribution in [1.82, 2.24) is 0 Å². The van der Waals surface area contributed by atoms with Crippen molar-refractivity contribution in [2.24, 2.45) is 0 Å². The van der Waals surface area contributed by atoms with Crippen LogP contribution in [0.1, 0.15) is 0 Å². The Hall–Kier alpha value is -7.26. The van der Waals surface area contributed by atoms with Crippen molar-refractivity contribution in [1.29, 1.82) is 0 Å². The Morgan fingerprint density at radius 3 is 1.35 bits per heavy atom. The first-order valence-electron chi connectivity index (χ1n) is 15.9. The van der Waals surface area contributed by atoms with Crippen LogP contribution in [0.3, 0.4) is 0 Å². The van der Waals surface area contributed by atoms with Gasteiger partial charge < -0.3 is 45.3 Å². The Labute approximate surface area is 287 Å². The Morgan fingerprint density at radius 1 is 0.314 bits per heavy atom. The minimum Gasteiger partial charge on any atom is -0.504 e. The van der Waals surface area contributed by atoms with Crippen molar-refractivity contribution in [3.63, 3.8) is 0 Å². The summed E-state index contributed by atoms with van der Waals surface area (Å²) in [6.45, 7) is 0. The maximum atomic E-state index is 11.6. The van der Waals surface area contributed by atoms with E-state index in [4.69, 9.17) is 4.42 Å². The van der Waals surface area contributed by atoms with Crippen molar-refractivity contribution in [2.45, 2.75) is 0 Å². The van der Waals surface area contributed by atoms with Gasteiger partial charge in [0.1, 0.15) is 11.2 Å². The number of fused-ring (bicyclic) bond motifs is 7. The molecular weight excluding hydrogens is 648 g/mol. The third-order valence-electron chi connectivity index (χ3n) is 9.72. The first kappa shape index (κ1) is 29.8. The number of hydrogen-bond donors (Lipinski definition) is 8. The van der Waals surface area contributed by atoms with Crippen molar-refractivity contribution in [3.8, 4) is 79.4 Å². The highest BCUT2D eigenvalue weighted by Crippen LogP contribution is 2.62. The van der Waals surface area contributed by atoms with Gasteiger partial charge in [0.2, 0.25) is 23.0 Å². The summed E-state index contributed by atoms with van der Waals surface area (Å²) in [6.07, 6.45) is 0. The lowest BCUT2D eigenvalue weighted by atomic mass is 9.83. The fourth-order valence-corrected chi connectivity index (χ4v) is 7.36. The fourth-order valence-electron chi connectivity index (χ4n) is 7.36. The van der Waals surface area contributed by atoms with E-state index in [2.05, 4.69) is 0 Å². The minimum absolute atomic E-state index is 0.0182. The zero-order valence-corrected chi connectivity index (χ0v) is 26.4. The van der Waals surface area contributed by atoms with E-state index in [9.17, 15) is 40.9 Å². The molecule has 1 heterocycles. The van der Waals surface area contributed by atoms with Crippen molar-refractivity contribution in [3.05, 3.63) is 109 Å². The van der Waals surface area contributed by atoms with Gasteiger partial charge in [-0.2, -0.15) is 0 Å². The summed E-state index contributed by atoms with van der Waals surface area (Å²) in [6, 6.07) is 33.0. The van der Waals surface area contributed by atoms with Crippen molar-refractivity contribution >= 4 is 54.3 Å². The van der Waals surface area contributed by atoms with E-state index >= 15 is 0 Å². The molecule has 8 aromatic carbocycles. The molecule has 0 aliphatic heterocycles. The molecule has 0 amide bonds. The monoisotopic (exact) mass is 674 g/mol. The van der Waals surface area contributed by atoms with E-state index < -0.39 is 46.0 Å². The van der Waals surface area contributed by atoms with E-state index in [1.807, 2.05) is 66.7 Å².